The summed E-state index contributed by atoms with van der Waals surface area (Å²) in [6.45, 7) is 12.9. The number of hydrogen-bond donors (Lipinski definition) is 1. The van der Waals surface area contributed by atoms with E-state index in [1.54, 1.807) is 6.33 Å². The highest BCUT2D eigenvalue weighted by atomic mass is 28.4. The van der Waals surface area contributed by atoms with Crippen LogP contribution in [0.2, 0.25) is 18.1 Å². The molecule has 2 rings (SSSR count). The Hall–Kier alpha value is -1.14. The van der Waals surface area contributed by atoms with Crippen LogP contribution in [0.5, 0.6) is 0 Å². The second-order valence-corrected chi connectivity index (χ2v) is 12.0. The van der Waals surface area contributed by atoms with E-state index in [-0.39, 0.29) is 11.0 Å². The van der Waals surface area contributed by atoms with Gasteiger partial charge in [-0.1, -0.05) is 20.8 Å². The molecule has 0 spiro atoms. The summed E-state index contributed by atoms with van der Waals surface area (Å²) in [6.07, 6.45) is 1.55. The fourth-order valence-electron chi connectivity index (χ4n) is 2.26. The molecule has 0 amide bonds. The molecule has 0 bridgehead atoms. The van der Waals surface area contributed by atoms with Gasteiger partial charge in [-0.25, -0.2) is 9.97 Å². The van der Waals surface area contributed by atoms with Crippen LogP contribution in [0.15, 0.2) is 6.33 Å². The molecule has 0 fully saturated rings. The topological polar surface area (TPSA) is 64.3 Å². The van der Waals surface area contributed by atoms with Crippen LogP contribution in [0, 0.1) is 0 Å². The van der Waals surface area contributed by atoms with Crippen LogP contribution < -0.4 is 10.6 Å². The van der Waals surface area contributed by atoms with E-state index in [0.717, 1.165) is 17.9 Å². The van der Waals surface area contributed by atoms with Crippen molar-refractivity contribution < 1.29 is 4.43 Å². The Morgan fingerprint density at radius 3 is 2.65 bits per heavy atom. The number of aromatic nitrogens is 2. The maximum absolute atomic E-state index is 6.33. The quantitative estimate of drug-likeness (QED) is 0.868. The Bertz CT molecular complexity index is 498. The minimum Gasteiger partial charge on any atom is -0.416 e. The van der Waals surface area contributed by atoms with Crippen molar-refractivity contribution in [2.45, 2.75) is 44.8 Å². The Morgan fingerprint density at radius 2 is 2.05 bits per heavy atom. The Labute approximate surface area is 122 Å². The second-order valence-electron chi connectivity index (χ2n) is 7.14. The van der Waals surface area contributed by atoms with Crippen LogP contribution in [0.4, 0.5) is 11.5 Å². The van der Waals surface area contributed by atoms with Crippen LogP contribution >= 0.6 is 0 Å². The number of fused-ring (bicyclic) bond motifs is 1. The van der Waals surface area contributed by atoms with Gasteiger partial charge in [-0.15, -0.1) is 0 Å². The smallest absolute Gasteiger partial charge is 0.192 e. The van der Waals surface area contributed by atoms with E-state index < -0.39 is 8.32 Å². The Kier molecular flexibility index (Phi) is 3.81. The number of nitrogens with zero attached hydrogens (tertiary/aromatic N) is 3. The zero-order valence-electron chi connectivity index (χ0n) is 13.4. The number of likely N-dealkylation sites (N-methyl/N-ethyl adjacent to an activating group) is 1. The third kappa shape index (κ3) is 2.67. The summed E-state index contributed by atoms with van der Waals surface area (Å²) in [7, 11) is 0.310. The zero-order chi connectivity index (χ0) is 15.1. The van der Waals surface area contributed by atoms with Gasteiger partial charge in [-0.05, 0) is 18.1 Å². The number of nitrogens with two attached hydrogens (primary N) is 1. The van der Waals surface area contributed by atoms with Crippen molar-refractivity contribution in [1.82, 2.24) is 9.97 Å². The van der Waals surface area contributed by atoms with Crippen molar-refractivity contribution in [2.75, 3.05) is 30.8 Å². The number of rotatable bonds is 3. The molecule has 2 N–H and O–H groups in total. The number of hydrogen-bond acceptors (Lipinski definition) is 5. The first kappa shape index (κ1) is 15.2. The van der Waals surface area contributed by atoms with Gasteiger partial charge in [-0.2, -0.15) is 0 Å². The summed E-state index contributed by atoms with van der Waals surface area (Å²) >= 11 is 0. The molecule has 0 saturated carbocycles. The minimum absolute atomic E-state index is 0.227. The largest absolute Gasteiger partial charge is 0.416 e. The van der Waals surface area contributed by atoms with Crippen molar-refractivity contribution in [3.63, 3.8) is 0 Å². The van der Waals surface area contributed by atoms with Gasteiger partial charge in [0.05, 0.1) is 5.69 Å². The van der Waals surface area contributed by atoms with Gasteiger partial charge in [0.25, 0.3) is 0 Å². The predicted octanol–water partition coefficient (Wildman–Crippen LogP) is 2.61. The predicted molar refractivity (Wildman–Crippen MR) is 85.6 cm³/mol. The van der Waals surface area contributed by atoms with Crippen LogP contribution in [0.3, 0.4) is 0 Å². The molecule has 5 nitrogen and oxygen atoms in total. The van der Waals surface area contributed by atoms with E-state index in [1.165, 1.54) is 0 Å². The average Bonchev–Trinajstić information content (AvgIpc) is 2.64. The summed E-state index contributed by atoms with van der Waals surface area (Å²) in [6, 6.07) is 0. The van der Waals surface area contributed by atoms with Crippen molar-refractivity contribution in [2.24, 2.45) is 0 Å². The van der Waals surface area contributed by atoms with Gasteiger partial charge in [0.15, 0.2) is 14.1 Å². The van der Waals surface area contributed by atoms with E-state index in [0.29, 0.717) is 12.4 Å². The summed E-state index contributed by atoms with van der Waals surface area (Å²) in [5.41, 5.74) is 7.95. The van der Waals surface area contributed by atoms with Gasteiger partial charge in [0.2, 0.25) is 0 Å². The first-order chi connectivity index (χ1) is 9.13. The molecule has 112 valence electrons. The highest BCUT2D eigenvalue weighted by molar-refractivity contribution is 6.74. The lowest BCUT2D eigenvalue weighted by Gasteiger charge is -2.36. The molecular weight excluding hydrogens is 268 g/mol. The summed E-state index contributed by atoms with van der Waals surface area (Å²) < 4.78 is 6.33. The zero-order valence-corrected chi connectivity index (χ0v) is 14.4. The lowest BCUT2D eigenvalue weighted by atomic mass is 10.1. The molecule has 1 aliphatic heterocycles. The van der Waals surface area contributed by atoms with Crippen molar-refractivity contribution in [3.05, 3.63) is 12.0 Å². The fraction of sp³-hybridized carbons (Fsp3) is 0.714. The van der Waals surface area contributed by atoms with Crippen LogP contribution in [0.25, 0.3) is 0 Å². The molecule has 0 aromatic carbocycles. The van der Waals surface area contributed by atoms with Crippen molar-refractivity contribution in [3.8, 4) is 0 Å². The molecule has 1 aromatic rings. The highest BCUT2D eigenvalue weighted by Crippen LogP contribution is 2.40. The third-order valence-electron chi connectivity index (χ3n) is 4.59. The monoisotopic (exact) mass is 294 g/mol. The highest BCUT2D eigenvalue weighted by Gasteiger charge is 2.39. The minimum atomic E-state index is -1.72. The van der Waals surface area contributed by atoms with E-state index in [2.05, 4.69) is 48.7 Å². The number of anilines is 2. The van der Waals surface area contributed by atoms with Gasteiger partial charge in [0, 0.05) is 26.1 Å². The van der Waals surface area contributed by atoms with E-state index >= 15 is 0 Å². The molecule has 1 aliphatic rings. The molecule has 2 heterocycles. The Morgan fingerprint density at radius 1 is 1.40 bits per heavy atom. The standard InChI is InChI=1S/C14H26N4OSi/c1-14(2,3)20(5,6)19-8-10-7-18(4)12-11(10)16-9-17-13(12)15/h9-10H,7-8H2,1-6H3,(H2,15,16,17). The second kappa shape index (κ2) is 5.00. The van der Waals surface area contributed by atoms with Crippen molar-refractivity contribution >= 4 is 19.8 Å². The molecule has 0 saturated heterocycles. The molecule has 20 heavy (non-hydrogen) atoms. The third-order valence-corrected chi connectivity index (χ3v) is 9.09. The fourth-order valence-corrected chi connectivity index (χ4v) is 3.31. The Balaban J connectivity index is 2.13. The molecule has 0 aliphatic carbocycles. The first-order valence-corrected chi connectivity index (χ1v) is 10.00. The molecule has 0 radical (unpaired) electrons. The van der Waals surface area contributed by atoms with E-state index in [4.69, 9.17) is 10.2 Å². The van der Waals surface area contributed by atoms with Gasteiger partial charge >= 0.3 is 0 Å². The molecule has 1 atom stereocenters. The van der Waals surface area contributed by atoms with Gasteiger partial charge in [0.1, 0.15) is 12.0 Å². The average molecular weight is 294 g/mol. The molecule has 1 unspecified atom stereocenters. The lowest BCUT2D eigenvalue weighted by molar-refractivity contribution is 0.266. The maximum Gasteiger partial charge on any atom is 0.192 e. The molecular formula is C14H26N4OSi. The molecule has 6 heteroatoms. The van der Waals surface area contributed by atoms with E-state index in [9.17, 15) is 0 Å². The van der Waals surface area contributed by atoms with Gasteiger partial charge < -0.3 is 15.1 Å². The van der Waals surface area contributed by atoms with Crippen molar-refractivity contribution in [1.29, 1.82) is 0 Å². The molecule has 1 aromatic heterocycles. The normalized spacial score (nSPS) is 19.3. The van der Waals surface area contributed by atoms with E-state index in [1.807, 2.05) is 7.05 Å². The summed E-state index contributed by atoms with van der Waals surface area (Å²) in [5.74, 6) is 0.849. The lowest BCUT2D eigenvalue weighted by Crippen LogP contribution is -2.42. The summed E-state index contributed by atoms with van der Waals surface area (Å²) in [5, 5.41) is 0.227. The van der Waals surface area contributed by atoms with Gasteiger partial charge in [-0.3, -0.25) is 0 Å². The maximum atomic E-state index is 6.33. The van der Waals surface area contributed by atoms with Crippen LogP contribution in [-0.4, -0.2) is 38.5 Å². The first-order valence-electron chi connectivity index (χ1n) is 7.09. The summed E-state index contributed by atoms with van der Waals surface area (Å²) in [4.78, 5) is 10.6. The number of nitrogen functional groups attached to an aromatic ring is 1. The van der Waals surface area contributed by atoms with Crippen LogP contribution in [-0.2, 0) is 4.43 Å². The SMILES string of the molecule is CN1CC(CO[Si](C)(C)C(C)(C)C)c2ncnc(N)c21. The van der Waals surface area contributed by atoms with Crippen LogP contribution in [0.1, 0.15) is 32.4 Å².